The number of rotatable bonds is 4. The number of benzene rings is 3. The predicted molar refractivity (Wildman–Crippen MR) is 108 cm³/mol. The molecule has 136 valence electrons. The molecule has 1 atom stereocenters. The van der Waals surface area contributed by atoms with Gasteiger partial charge in [-0.1, -0.05) is 54.6 Å². The zero-order valence-electron chi connectivity index (χ0n) is 15.5. The fourth-order valence-corrected chi connectivity index (χ4v) is 3.71. The van der Waals surface area contributed by atoms with Crippen molar-refractivity contribution in [2.75, 3.05) is 20.2 Å². The van der Waals surface area contributed by atoms with Crippen LogP contribution in [0.15, 0.2) is 78.9 Å². The molecule has 0 radical (unpaired) electrons. The quantitative estimate of drug-likeness (QED) is 0.658. The highest BCUT2D eigenvalue weighted by atomic mass is 16.5. The summed E-state index contributed by atoms with van der Waals surface area (Å²) in [6, 6.07) is 26.3. The zero-order chi connectivity index (χ0) is 18.6. The average Bonchev–Trinajstić information content (AvgIpc) is 3.24. The van der Waals surface area contributed by atoms with Crippen LogP contribution in [0.2, 0.25) is 0 Å². The molecule has 1 saturated heterocycles. The number of amides is 1. The number of methoxy groups -OCH3 is 1. The zero-order valence-corrected chi connectivity index (χ0v) is 15.5. The van der Waals surface area contributed by atoms with Crippen molar-refractivity contribution in [2.24, 2.45) is 0 Å². The summed E-state index contributed by atoms with van der Waals surface area (Å²) in [5, 5.41) is 0. The number of carbonyl (C=O) groups excluding carboxylic acids is 1. The van der Waals surface area contributed by atoms with Gasteiger partial charge in [0.1, 0.15) is 5.75 Å². The molecule has 3 heteroatoms. The third-order valence-electron chi connectivity index (χ3n) is 5.30. The summed E-state index contributed by atoms with van der Waals surface area (Å²) in [6.07, 6.45) is 1.00. The van der Waals surface area contributed by atoms with Crippen LogP contribution in [-0.2, 0) is 0 Å². The van der Waals surface area contributed by atoms with E-state index in [0.717, 1.165) is 42.0 Å². The first-order valence-electron chi connectivity index (χ1n) is 9.33. The first-order valence-corrected chi connectivity index (χ1v) is 9.33. The second kappa shape index (κ2) is 7.67. The van der Waals surface area contributed by atoms with E-state index in [9.17, 15) is 4.79 Å². The monoisotopic (exact) mass is 357 g/mol. The van der Waals surface area contributed by atoms with E-state index in [4.69, 9.17) is 4.74 Å². The molecular formula is C24H23NO2. The first-order chi connectivity index (χ1) is 13.2. The molecule has 3 aromatic rings. The number of carbonyl (C=O) groups is 1. The Morgan fingerprint density at radius 1 is 0.889 bits per heavy atom. The van der Waals surface area contributed by atoms with Gasteiger partial charge in [0.2, 0.25) is 0 Å². The third kappa shape index (κ3) is 3.72. The van der Waals surface area contributed by atoms with Crippen molar-refractivity contribution in [2.45, 2.75) is 12.3 Å². The second-order valence-corrected chi connectivity index (χ2v) is 6.95. The summed E-state index contributed by atoms with van der Waals surface area (Å²) in [7, 11) is 1.67. The van der Waals surface area contributed by atoms with Gasteiger partial charge in [0.25, 0.3) is 5.91 Å². The molecule has 1 aliphatic rings. The molecule has 1 aliphatic heterocycles. The Morgan fingerprint density at radius 2 is 1.56 bits per heavy atom. The van der Waals surface area contributed by atoms with Gasteiger partial charge in [-0.2, -0.15) is 0 Å². The van der Waals surface area contributed by atoms with E-state index in [1.165, 1.54) is 5.56 Å². The lowest BCUT2D eigenvalue weighted by Crippen LogP contribution is -2.28. The van der Waals surface area contributed by atoms with E-state index >= 15 is 0 Å². The van der Waals surface area contributed by atoms with Gasteiger partial charge in [-0.25, -0.2) is 0 Å². The van der Waals surface area contributed by atoms with E-state index in [-0.39, 0.29) is 5.91 Å². The highest BCUT2D eigenvalue weighted by Gasteiger charge is 2.27. The van der Waals surface area contributed by atoms with Crippen LogP contribution in [0.3, 0.4) is 0 Å². The van der Waals surface area contributed by atoms with Gasteiger partial charge in [-0.3, -0.25) is 4.79 Å². The van der Waals surface area contributed by atoms with Crippen LogP contribution in [0.25, 0.3) is 11.1 Å². The standard InChI is InChI=1S/C24H23NO2/c1-27-23-13-11-20(12-14-23)22-15-16-25(17-22)24(26)21-9-7-19(8-10-21)18-5-3-2-4-6-18/h2-14,22H,15-17H2,1H3. The minimum absolute atomic E-state index is 0.116. The number of hydrogen-bond acceptors (Lipinski definition) is 2. The summed E-state index contributed by atoms with van der Waals surface area (Å²) in [5.41, 5.74) is 4.32. The fourth-order valence-electron chi connectivity index (χ4n) is 3.71. The van der Waals surface area contributed by atoms with Gasteiger partial charge in [0, 0.05) is 24.6 Å². The van der Waals surface area contributed by atoms with E-state index in [2.05, 4.69) is 24.3 Å². The molecule has 0 spiro atoms. The molecule has 0 aromatic heterocycles. The minimum atomic E-state index is 0.116. The molecule has 0 N–H and O–H groups in total. The van der Waals surface area contributed by atoms with Gasteiger partial charge in [-0.05, 0) is 47.4 Å². The lowest BCUT2D eigenvalue weighted by atomic mass is 9.98. The summed E-state index contributed by atoms with van der Waals surface area (Å²) < 4.78 is 5.23. The summed E-state index contributed by atoms with van der Waals surface area (Å²) in [5.74, 6) is 1.37. The SMILES string of the molecule is COc1ccc(C2CCN(C(=O)c3ccc(-c4ccccc4)cc3)C2)cc1. The van der Waals surface area contributed by atoms with Gasteiger partial charge in [0.15, 0.2) is 0 Å². The van der Waals surface area contributed by atoms with Crippen molar-refractivity contribution in [1.82, 2.24) is 4.90 Å². The lowest BCUT2D eigenvalue weighted by molar-refractivity contribution is 0.0791. The number of ether oxygens (including phenoxy) is 1. The van der Waals surface area contributed by atoms with Gasteiger partial charge in [-0.15, -0.1) is 0 Å². The van der Waals surface area contributed by atoms with Crippen molar-refractivity contribution in [3.63, 3.8) is 0 Å². The molecule has 0 aliphatic carbocycles. The number of hydrogen-bond donors (Lipinski definition) is 0. The maximum atomic E-state index is 12.9. The van der Waals surface area contributed by atoms with Crippen LogP contribution >= 0.6 is 0 Å². The van der Waals surface area contributed by atoms with Gasteiger partial charge in [0.05, 0.1) is 7.11 Å². The topological polar surface area (TPSA) is 29.5 Å². The molecule has 3 aromatic carbocycles. The Morgan fingerprint density at radius 3 is 2.22 bits per heavy atom. The molecule has 1 unspecified atom stereocenters. The maximum Gasteiger partial charge on any atom is 0.253 e. The predicted octanol–water partition coefficient (Wildman–Crippen LogP) is 4.99. The van der Waals surface area contributed by atoms with Crippen LogP contribution in [0, 0.1) is 0 Å². The van der Waals surface area contributed by atoms with Crippen LogP contribution in [0.4, 0.5) is 0 Å². The molecule has 1 fully saturated rings. The van der Waals surface area contributed by atoms with E-state index in [0.29, 0.717) is 5.92 Å². The van der Waals surface area contributed by atoms with Crippen molar-refractivity contribution in [1.29, 1.82) is 0 Å². The number of likely N-dealkylation sites (tertiary alicyclic amines) is 1. The normalized spacial score (nSPS) is 16.3. The van der Waals surface area contributed by atoms with Crippen molar-refractivity contribution in [3.8, 4) is 16.9 Å². The molecule has 3 nitrogen and oxygen atoms in total. The van der Waals surface area contributed by atoms with Crippen molar-refractivity contribution in [3.05, 3.63) is 90.0 Å². The smallest absolute Gasteiger partial charge is 0.253 e. The lowest BCUT2D eigenvalue weighted by Gasteiger charge is -2.17. The summed E-state index contributed by atoms with van der Waals surface area (Å²) in [4.78, 5) is 14.8. The Hall–Kier alpha value is -3.07. The largest absolute Gasteiger partial charge is 0.497 e. The van der Waals surface area contributed by atoms with E-state index in [1.54, 1.807) is 7.11 Å². The van der Waals surface area contributed by atoms with Crippen molar-refractivity contribution < 1.29 is 9.53 Å². The van der Waals surface area contributed by atoms with Crippen molar-refractivity contribution >= 4 is 5.91 Å². The van der Waals surface area contributed by atoms with E-state index < -0.39 is 0 Å². The van der Waals surface area contributed by atoms with Crippen LogP contribution < -0.4 is 4.74 Å². The minimum Gasteiger partial charge on any atom is -0.497 e. The van der Waals surface area contributed by atoms with Crippen LogP contribution in [0.1, 0.15) is 28.3 Å². The molecule has 27 heavy (non-hydrogen) atoms. The molecule has 1 heterocycles. The van der Waals surface area contributed by atoms with Gasteiger partial charge >= 0.3 is 0 Å². The van der Waals surface area contributed by atoms with E-state index in [1.807, 2.05) is 59.5 Å². The molecule has 1 amide bonds. The maximum absolute atomic E-state index is 12.9. The Kier molecular flexibility index (Phi) is 4.93. The third-order valence-corrected chi connectivity index (χ3v) is 5.30. The molecule has 4 rings (SSSR count). The Bertz CT molecular complexity index is 901. The van der Waals surface area contributed by atoms with Crippen LogP contribution in [0.5, 0.6) is 5.75 Å². The average molecular weight is 357 g/mol. The van der Waals surface area contributed by atoms with Crippen LogP contribution in [-0.4, -0.2) is 31.0 Å². The van der Waals surface area contributed by atoms with Gasteiger partial charge < -0.3 is 9.64 Å². The summed E-state index contributed by atoms with van der Waals surface area (Å²) in [6.45, 7) is 1.57. The number of nitrogens with zero attached hydrogens (tertiary/aromatic N) is 1. The first kappa shape index (κ1) is 17.3. The highest BCUT2D eigenvalue weighted by Crippen LogP contribution is 2.29. The summed E-state index contributed by atoms with van der Waals surface area (Å²) >= 11 is 0. The highest BCUT2D eigenvalue weighted by molar-refractivity contribution is 5.95. The molecular weight excluding hydrogens is 334 g/mol. The molecule has 0 bridgehead atoms. The second-order valence-electron chi connectivity index (χ2n) is 6.95. The Balaban J connectivity index is 1.44. The molecule has 0 saturated carbocycles. The fraction of sp³-hybridized carbons (Fsp3) is 0.208. The Labute approximate surface area is 160 Å².